The van der Waals surface area contributed by atoms with Crippen LogP contribution in [0.15, 0.2) is 18.2 Å². The molecule has 1 fully saturated rings. The van der Waals surface area contributed by atoms with Crippen LogP contribution in [-0.2, 0) is 4.74 Å². The van der Waals surface area contributed by atoms with Crippen molar-refractivity contribution in [2.24, 2.45) is 11.7 Å². The molecule has 0 saturated carbocycles. The average Bonchev–Trinajstić information content (AvgIpc) is 2.38. The normalized spacial score (nSPS) is 31.1. The lowest BCUT2D eigenvalue weighted by Crippen LogP contribution is -2.46. The van der Waals surface area contributed by atoms with Crippen LogP contribution in [0.25, 0.3) is 0 Å². The predicted octanol–water partition coefficient (Wildman–Crippen LogP) is 1.53. The van der Waals surface area contributed by atoms with Gasteiger partial charge in [-0.3, -0.25) is 0 Å². The van der Waals surface area contributed by atoms with Crippen molar-refractivity contribution in [1.29, 1.82) is 0 Å². The van der Waals surface area contributed by atoms with Crippen molar-refractivity contribution in [2.45, 2.75) is 18.5 Å². The van der Waals surface area contributed by atoms with Crippen molar-refractivity contribution in [1.82, 2.24) is 0 Å². The van der Waals surface area contributed by atoms with E-state index in [1.54, 1.807) is 7.11 Å². The van der Waals surface area contributed by atoms with Gasteiger partial charge in [0.15, 0.2) is 0 Å². The van der Waals surface area contributed by atoms with Crippen LogP contribution in [0.4, 0.5) is 5.69 Å². The first-order valence-electron chi connectivity index (χ1n) is 6.07. The summed E-state index contributed by atoms with van der Waals surface area (Å²) in [6.07, 6.45) is 1.02. The minimum Gasteiger partial charge on any atom is -0.497 e. The molecule has 3 rings (SSSR count). The molecule has 0 aliphatic carbocycles. The molecular formula is C13H18N2O2. The smallest absolute Gasteiger partial charge is 0.120 e. The topological polar surface area (TPSA) is 56.5 Å². The van der Waals surface area contributed by atoms with Gasteiger partial charge in [0, 0.05) is 36.4 Å². The molecule has 4 nitrogen and oxygen atoms in total. The minimum atomic E-state index is 0.0578. The van der Waals surface area contributed by atoms with E-state index in [0.29, 0.717) is 12.0 Å². The van der Waals surface area contributed by atoms with Crippen LogP contribution in [0.2, 0.25) is 0 Å². The molecule has 17 heavy (non-hydrogen) atoms. The fourth-order valence-electron chi connectivity index (χ4n) is 2.80. The molecule has 3 atom stereocenters. The van der Waals surface area contributed by atoms with Gasteiger partial charge in [-0.2, -0.15) is 0 Å². The summed E-state index contributed by atoms with van der Waals surface area (Å²) in [5, 5.41) is 3.56. The Bertz CT molecular complexity index is 422. The number of methoxy groups -OCH3 is 1. The van der Waals surface area contributed by atoms with Gasteiger partial charge in [-0.25, -0.2) is 0 Å². The van der Waals surface area contributed by atoms with Gasteiger partial charge in [0.2, 0.25) is 0 Å². The molecule has 0 radical (unpaired) electrons. The van der Waals surface area contributed by atoms with Crippen molar-refractivity contribution in [3.63, 3.8) is 0 Å². The van der Waals surface area contributed by atoms with Crippen LogP contribution in [0.3, 0.4) is 0 Å². The molecule has 0 bridgehead atoms. The Hall–Kier alpha value is -1.26. The standard InChI is InChI=1S/C13H18N2O2/c1-16-8-2-3-9-12(6-8)15-11-4-5-17-7-10(11)13(9)14/h2-3,6,10-11,13,15H,4-5,7,14H2,1H3. The predicted molar refractivity (Wildman–Crippen MR) is 66.3 cm³/mol. The summed E-state index contributed by atoms with van der Waals surface area (Å²) in [7, 11) is 1.68. The van der Waals surface area contributed by atoms with E-state index < -0.39 is 0 Å². The molecule has 4 heteroatoms. The first-order chi connectivity index (χ1) is 8.29. The summed E-state index contributed by atoms with van der Waals surface area (Å²) < 4.78 is 10.8. The highest BCUT2D eigenvalue weighted by atomic mass is 16.5. The Labute approximate surface area is 101 Å². The maximum atomic E-state index is 6.33. The third-order valence-corrected chi connectivity index (χ3v) is 3.82. The zero-order valence-electron chi connectivity index (χ0n) is 9.98. The molecule has 2 aliphatic heterocycles. The lowest BCUT2D eigenvalue weighted by Gasteiger charge is -2.41. The number of benzene rings is 1. The molecule has 2 heterocycles. The molecule has 2 aliphatic rings. The molecule has 1 saturated heterocycles. The van der Waals surface area contributed by atoms with Crippen molar-refractivity contribution in [3.05, 3.63) is 23.8 Å². The summed E-state index contributed by atoms with van der Waals surface area (Å²) >= 11 is 0. The molecule has 92 valence electrons. The zero-order chi connectivity index (χ0) is 11.8. The second kappa shape index (κ2) is 4.20. The summed E-state index contributed by atoms with van der Waals surface area (Å²) in [5.41, 5.74) is 8.61. The van der Waals surface area contributed by atoms with Crippen LogP contribution < -0.4 is 15.8 Å². The number of hydrogen-bond donors (Lipinski definition) is 2. The monoisotopic (exact) mass is 234 g/mol. The highest BCUT2D eigenvalue weighted by Crippen LogP contribution is 2.39. The van der Waals surface area contributed by atoms with Gasteiger partial charge in [0.1, 0.15) is 5.75 Å². The molecule has 0 spiro atoms. The summed E-state index contributed by atoms with van der Waals surface area (Å²) in [6.45, 7) is 1.57. The average molecular weight is 234 g/mol. The summed E-state index contributed by atoms with van der Waals surface area (Å²) in [5.74, 6) is 1.25. The quantitative estimate of drug-likeness (QED) is 0.773. The van der Waals surface area contributed by atoms with Gasteiger partial charge in [-0.15, -0.1) is 0 Å². The zero-order valence-corrected chi connectivity index (χ0v) is 9.98. The highest BCUT2D eigenvalue weighted by Gasteiger charge is 2.36. The molecule has 0 aromatic heterocycles. The van der Waals surface area contributed by atoms with E-state index in [1.807, 2.05) is 12.1 Å². The lowest BCUT2D eigenvalue weighted by molar-refractivity contribution is 0.0342. The van der Waals surface area contributed by atoms with Crippen molar-refractivity contribution >= 4 is 5.69 Å². The van der Waals surface area contributed by atoms with E-state index >= 15 is 0 Å². The van der Waals surface area contributed by atoms with E-state index in [1.165, 1.54) is 0 Å². The third-order valence-electron chi connectivity index (χ3n) is 3.82. The Morgan fingerprint density at radius 3 is 3.18 bits per heavy atom. The number of hydrogen-bond acceptors (Lipinski definition) is 4. The van der Waals surface area contributed by atoms with E-state index in [9.17, 15) is 0 Å². The summed E-state index contributed by atoms with van der Waals surface area (Å²) in [6, 6.07) is 6.53. The maximum Gasteiger partial charge on any atom is 0.120 e. The summed E-state index contributed by atoms with van der Waals surface area (Å²) in [4.78, 5) is 0. The second-order valence-corrected chi connectivity index (χ2v) is 4.76. The van der Waals surface area contributed by atoms with Gasteiger partial charge in [-0.05, 0) is 18.1 Å². The SMILES string of the molecule is COc1ccc2c(c1)NC1CCOCC1C2N. The Morgan fingerprint density at radius 1 is 1.47 bits per heavy atom. The molecule has 0 amide bonds. The Balaban J connectivity index is 1.96. The van der Waals surface area contributed by atoms with E-state index in [-0.39, 0.29) is 6.04 Å². The first kappa shape index (κ1) is 10.9. The third kappa shape index (κ3) is 1.77. The van der Waals surface area contributed by atoms with E-state index in [4.69, 9.17) is 15.2 Å². The highest BCUT2D eigenvalue weighted by molar-refractivity contribution is 5.59. The second-order valence-electron chi connectivity index (χ2n) is 4.76. The van der Waals surface area contributed by atoms with Gasteiger partial charge < -0.3 is 20.5 Å². The van der Waals surface area contributed by atoms with Gasteiger partial charge >= 0.3 is 0 Å². The van der Waals surface area contributed by atoms with Gasteiger partial charge in [0.05, 0.1) is 13.7 Å². The van der Waals surface area contributed by atoms with Crippen LogP contribution in [-0.4, -0.2) is 26.4 Å². The van der Waals surface area contributed by atoms with Crippen molar-refractivity contribution < 1.29 is 9.47 Å². The van der Waals surface area contributed by atoms with Crippen LogP contribution >= 0.6 is 0 Å². The molecule has 3 unspecified atom stereocenters. The van der Waals surface area contributed by atoms with Gasteiger partial charge in [-0.1, -0.05) is 6.07 Å². The van der Waals surface area contributed by atoms with Crippen molar-refractivity contribution in [3.8, 4) is 5.75 Å². The van der Waals surface area contributed by atoms with Crippen molar-refractivity contribution in [2.75, 3.05) is 25.6 Å². The molecular weight excluding hydrogens is 216 g/mol. The number of ether oxygens (including phenoxy) is 2. The van der Waals surface area contributed by atoms with Crippen LogP contribution in [0.5, 0.6) is 5.75 Å². The number of nitrogens with one attached hydrogen (secondary N) is 1. The number of anilines is 1. The first-order valence-corrected chi connectivity index (χ1v) is 6.07. The van der Waals surface area contributed by atoms with Gasteiger partial charge in [0.25, 0.3) is 0 Å². The van der Waals surface area contributed by atoms with E-state index in [0.717, 1.165) is 36.6 Å². The molecule has 3 N–H and O–H groups in total. The fraction of sp³-hybridized carbons (Fsp3) is 0.538. The fourth-order valence-corrected chi connectivity index (χ4v) is 2.80. The van der Waals surface area contributed by atoms with Crippen LogP contribution in [0, 0.1) is 5.92 Å². The van der Waals surface area contributed by atoms with Crippen LogP contribution in [0.1, 0.15) is 18.0 Å². The Morgan fingerprint density at radius 2 is 2.35 bits per heavy atom. The number of nitrogens with two attached hydrogens (primary N) is 1. The number of fused-ring (bicyclic) bond motifs is 2. The minimum absolute atomic E-state index is 0.0578. The molecule has 1 aromatic rings. The lowest BCUT2D eigenvalue weighted by atomic mass is 9.81. The maximum absolute atomic E-state index is 6.33. The Kier molecular flexibility index (Phi) is 2.68. The number of rotatable bonds is 1. The van der Waals surface area contributed by atoms with E-state index in [2.05, 4.69) is 11.4 Å². The largest absolute Gasteiger partial charge is 0.497 e. The molecule has 1 aromatic carbocycles.